The first-order chi connectivity index (χ1) is 18.2. The second kappa shape index (κ2) is 11.8. The molecule has 1 heterocycles. The molecule has 5 N–H and O–H groups in total. The van der Waals surface area contributed by atoms with Crippen molar-refractivity contribution in [3.05, 3.63) is 60.2 Å². The first-order valence-electron chi connectivity index (χ1n) is 13.2. The number of nitrogens with one attached hydrogen (secondary N) is 2. The summed E-state index contributed by atoms with van der Waals surface area (Å²) in [5, 5.41) is 15.9. The van der Waals surface area contributed by atoms with Crippen molar-refractivity contribution in [2.24, 2.45) is 5.73 Å². The first kappa shape index (κ1) is 27.3. The summed E-state index contributed by atoms with van der Waals surface area (Å²) in [6.45, 7) is 1.36. The SMILES string of the molecule is CC(=O)NC1(C(=O)N2C[C@H](O)C[C@H]2C(=O)N[C@H](Cc2ccc(-c3ccccc3)cc2)C(N)=O)CCCCC1. The molecule has 9 heteroatoms. The molecule has 1 saturated carbocycles. The lowest BCUT2D eigenvalue weighted by atomic mass is 9.80. The van der Waals surface area contributed by atoms with Crippen LogP contribution in [0.4, 0.5) is 0 Å². The summed E-state index contributed by atoms with van der Waals surface area (Å²) < 4.78 is 0. The molecule has 9 nitrogen and oxygen atoms in total. The minimum Gasteiger partial charge on any atom is -0.391 e. The molecule has 0 radical (unpaired) electrons. The Labute approximate surface area is 222 Å². The lowest BCUT2D eigenvalue weighted by molar-refractivity contribution is -0.147. The summed E-state index contributed by atoms with van der Waals surface area (Å²) in [7, 11) is 0. The maximum absolute atomic E-state index is 13.7. The summed E-state index contributed by atoms with van der Waals surface area (Å²) >= 11 is 0. The van der Waals surface area contributed by atoms with Crippen molar-refractivity contribution >= 4 is 23.6 Å². The molecule has 4 amide bonds. The predicted octanol–water partition coefficient (Wildman–Crippen LogP) is 1.67. The molecule has 0 bridgehead atoms. The molecule has 3 atom stereocenters. The zero-order chi connectivity index (χ0) is 27.3. The van der Waals surface area contributed by atoms with Crippen molar-refractivity contribution in [3.8, 4) is 11.1 Å². The molecule has 1 saturated heterocycles. The maximum atomic E-state index is 13.7. The number of nitrogens with two attached hydrogens (primary N) is 1. The number of hydrogen-bond donors (Lipinski definition) is 4. The van der Waals surface area contributed by atoms with E-state index in [-0.39, 0.29) is 31.2 Å². The number of nitrogens with zero attached hydrogens (tertiary/aromatic N) is 1. The topological polar surface area (TPSA) is 142 Å². The van der Waals surface area contributed by atoms with Crippen LogP contribution in [0.5, 0.6) is 0 Å². The quantitative estimate of drug-likeness (QED) is 0.419. The number of aliphatic hydroxyl groups is 1. The van der Waals surface area contributed by atoms with Gasteiger partial charge in [0.2, 0.25) is 23.6 Å². The van der Waals surface area contributed by atoms with Crippen LogP contribution in [0.2, 0.25) is 0 Å². The van der Waals surface area contributed by atoms with E-state index in [9.17, 15) is 24.3 Å². The predicted molar refractivity (Wildman–Crippen MR) is 142 cm³/mol. The van der Waals surface area contributed by atoms with Gasteiger partial charge in [-0.25, -0.2) is 0 Å². The van der Waals surface area contributed by atoms with Crippen LogP contribution in [0.15, 0.2) is 54.6 Å². The molecular weight excluding hydrogens is 484 g/mol. The fraction of sp³-hybridized carbons (Fsp3) is 0.448. The molecule has 4 rings (SSSR count). The van der Waals surface area contributed by atoms with Crippen molar-refractivity contribution in [1.29, 1.82) is 0 Å². The zero-order valence-corrected chi connectivity index (χ0v) is 21.7. The summed E-state index contributed by atoms with van der Waals surface area (Å²) in [4.78, 5) is 52.6. The van der Waals surface area contributed by atoms with E-state index in [1.165, 1.54) is 11.8 Å². The Balaban J connectivity index is 1.47. The molecule has 202 valence electrons. The molecule has 2 fully saturated rings. The van der Waals surface area contributed by atoms with Gasteiger partial charge in [0, 0.05) is 26.3 Å². The summed E-state index contributed by atoms with van der Waals surface area (Å²) in [6, 6.07) is 15.6. The van der Waals surface area contributed by atoms with Crippen molar-refractivity contribution in [2.45, 2.75) is 75.6 Å². The number of β-amino-alcohol motifs (C(OH)–C–C–N with tert-alkyl or cyclic N) is 1. The third-order valence-electron chi connectivity index (χ3n) is 7.54. The van der Waals surface area contributed by atoms with Crippen molar-refractivity contribution in [1.82, 2.24) is 15.5 Å². The van der Waals surface area contributed by atoms with E-state index in [0.717, 1.165) is 36.0 Å². The summed E-state index contributed by atoms with van der Waals surface area (Å²) in [5.41, 5.74) is 7.46. The van der Waals surface area contributed by atoms with Gasteiger partial charge in [0.25, 0.3) is 0 Å². The van der Waals surface area contributed by atoms with E-state index in [4.69, 9.17) is 5.73 Å². The van der Waals surface area contributed by atoms with Crippen LogP contribution in [0.1, 0.15) is 51.0 Å². The Morgan fingerprint density at radius 3 is 2.24 bits per heavy atom. The van der Waals surface area contributed by atoms with Crippen molar-refractivity contribution < 1.29 is 24.3 Å². The minimum absolute atomic E-state index is 0.0135. The van der Waals surface area contributed by atoms with Gasteiger partial charge in [-0.1, -0.05) is 73.9 Å². The van der Waals surface area contributed by atoms with Crippen LogP contribution in [-0.4, -0.2) is 63.9 Å². The van der Waals surface area contributed by atoms with Crippen molar-refractivity contribution in [3.63, 3.8) is 0 Å². The van der Waals surface area contributed by atoms with Gasteiger partial charge in [-0.15, -0.1) is 0 Å². The van der Waals surface area contributed by atoms with Crippen LogP contribution in [0.25, 0.3) is 11.1 Å². The highest BCUT2D eigenvalue weighted by Crippen LogP contribution is 2.33. The third-order valence-corrected chi connectivity index (χ3v) is 7.54. The van der Waals surface area contributed by atoms with Crippen LogP contribution in [-0.2, 0) is 25.6 Å². The molecule has 0 spiro atoms. The van der Waals surface area contributed by atoms with E-state index in [1.807, 2.05) is 54.6 Å². The number of carbonyl (C=O) groups excluding carboxylic acids is 4. The van der Waals surface area contributed by atoms with Gasteiger partial charge < -0.3 is 26.4 Å². The van der Waals surface area contributed by atoms with Gasteiger partial charge >= 0.3 is 0 Å². The standard InChI is InChI=1S/C29H36N4O5/c1-19(34)32-29(14-6-3-7-15-29)28(38)33-18-23(35)17-25(33)27(37)31-24(26(30)36)16-20-10-12-22(13-11-20)21-8-4-2-5-9-21/h2,4-5,8-13,23-25,35H,3,6-7,14-18H2,1H3,(H2,30,36)(H,31,37)(H,32,34)/t23-,24-,25+/m1/s1. The fourth-order valence-corrected chi connectivity index (χ4v) is 5.64. The number of benzene rings is 2. The molecular formula is C29H36N4O5. The van der Waals surface area contributed by atoms with Gasteiger partial charge in [0.1, 0.15) is 17.6 Å². The number of carbonyl (C=O) groups is 4. The summed E-state index contributed by atoms with van der Waals surface area (Å²) in [5.74, 6) is -1.92. The van der Waals surface area contributed by atoms with Crippen LogP contribution < -0.4 is 16.4 Å². The Hall–Kier alpha value is -3.72. The number of likely N-dealkylation sites (tertiary alicyclic amines) is 1. The average Bonchev–Trinajstić information content (AvgIpc) is 3.30. The lowest BCUT2D eigenvalue weighted by Gasteiger charge is -2.40. The molecule has 2 aromatic carbocycles. The third kappa shape index (κ3) is 6.22. The van der Waals surface area contributed by atoms with Gasteiger partial charge in [0.05, 0.1) is 6.10 Å². The van der Waals surface area contributed by atoms with E-state index in [2.05, 4.69) is 10.6 Å². The normalized spacial score (nSPS) is 21.4. The van der Waals surface area contributed by atoms with Crippen LogP contribution >= 0.6 is 0 Å². The van der Waals surface area contributed by atoms with E-state index < -0.39 is 35.5 Å². The summed E-state index contributed by atoms with van der Waals surface area (Å²) in [6.07, 6.45) is 2.85. The Bertz CT molecular complexity index is 1160. The molecule has 1 aliphatic carbocycles. The molecule has 2 aliphatic rings. The van der Waals surface area contributed by atoms with Crippen molar-refractivity contribution in [2.75, 3.05) is 6.54 Å². The van der Waals surface area contributed by atoms with Gasteiger partial charge in [-0.3, -0.25) is 19.2 Å². The Kier molecular flexibility index (Phi) is 8.46. The second-order valence-corrected chi connectivity index (χ2v) is 10.4. The fourth-order valence-electron chi connectivity index (χ4n) is 5.64. The highest BCUT2D eigenvalue weighted by molar-refractivity contribution is 5.96. The molecule has 0 aromatic heterocycles. The lowest BCUT2D eigenvalue weighted by Crippen LogP contribution is -2.63. The zero-order valence-electron chi connectivity index (χ0n) is 21.7. The maximum Gasteiger partial charge on any atom is 0.249 e. The molecule has 1 aliphatic heterocycles. The number of primary amides is 1. The number of hydrogen-bond acceptors (Lipinski definition) is 5. The Morgan fingerprint density at radius 1 is 1.00 bits per heavy atom. The number of aliphatic hydroxyl groups excluding tert-OH is 1. The van der Waals surface area contributed by atoms with Crippen LogP contribution in [0, 0.1) is 0 Å². The van der Waals surface area contributed by atoms with Gasteiger partial charge in [-0.2, -0.15) is 0 Å². The van der Waals surface area contributed by atoms with Gasteiger partial charge in [-0.05, 0) is 29.5 Å². The van der Waals surface area contributed by atoms with E-state index in [1.54, 1.807) is 0 Å². The van der Waals surface area contributed by atoms with Crippen LogP contribution in [0.3, 0.4) is 0 Å². The highest BCUT2D eigenvalue weighted by atomic mass is 16.3. The van der Waals surface area contributed by atoms with E-state index in [0.29, 0.717) is 12.8 Å². The molecule has 38 heavy (non-hydrogen) atoms. The first-order valence-corrected chi connectivity index (χ1v) is 13.2. The number of amides is 4. The number of rotatable bonds is 8. The van der Waals surface area contributed by atoms with Gasteiger partial charge in [0.15, 0.2) is 0 Å². The largest absolute Gasteiger partial charge is 0.391 e. The smallest absolute Gasteiger partial charge is 0.249 e. The average molecular weight is 521 g/mol. The van der Waals surface area contributed by atoms with E-state index >= 15 is 0 Å². The molecule has 2 aromatic rings. The monoisotopic (exact) mass is 520 g/mol. The highest BCUT2D eigenvalue weighted by Gasteiger charge is 2.49. The Morgan fingerprint density at radius 2 is 1.63 bits per heavy atom. The minimum atomic E-state index is -1.09. The molecule has 0 unspecified atom stereocenters. The second-order valence-electron chi connectivity index (χ2n) is 10.4.